The maximum Gasteiger partial charge on any atom is 0.226 e. The van der Waals surface area contributed by atoms with Crippen molar-refractivity contribution in [2.75, 3.05) is 13.1 Å². The minimum atomic E-state index is -0.269. The molecule has 0 saturated heterocycles. The number of nitrogens with one attached hydrogen (secondary N) is 1. The van der Waals surface area contributed by atoms with Crippen molar-refractivity contribution in [3.63, 3.8) is 0 Å². The Balaban J connectivity index is 1.50. The summed E-state index contributed by atoms with van der Waals surface area (Å²) in [5.74, 6) is -0.302. The number of aliphatic imine (C=N–C) groups is 1. The largest absolute Gasteiger partial charge is 0.352 e. The van der Waals surface area contributed by atoms with Crippen LogP contribution in [0.1, 0.15) is 12.0 Å². The van der Waals surface area contributed by atoms with Crippen molar-refractivity contribution in [1.82, 2.24) is 10.2 Å². The number of amides is 1. The molecule has 0 atom stereocenters. The normalized spacial score (nSPS) is 16.8. The van der Waals surface area contributed by atoms with Gasteiger partial charge in [-0.15, -0.1) is 0 Å². The van der Waals surface area contributed by atoms with Gasteiger partial charge in [0.25, 0.3) is 0 Å². The Kier molecular flexibility index (Phi) is 3.73. The van der Waals surface area contributed by atoms with Crippen molar-refractivity contribution in [1.29, 1.82) is 0 Å². The number of carbonyl (C=O) groups is 1. The second-order valence-corrected chi connectivity index (χ2v) is 5.46. The Labute approximate surface area is 120 Å². The number of hydrogen-bond acceptors (Lipinski definition) is 4. The summed E-state index contributed by atoms with van der Waals surface area (Å²) in [5.41, 5.74) is 1.89. The fourth-order valence-corrected chi connectivity index (χ4v) is 3.10. The van der Waals surface area contributed by atoms with Crippen LogP contribution in [0.5, 0.6) is 0 Å². The van der Waals surface area contributed by atoms with Crippen molar-refractivity contribution < 1.29 is 9.18 Å². The molecule has 104 valence electrons. The lowest BCUT2D eigenvalue weighted by Gasteiger charge is -2.16. The van der Waals surface area contributed by atoms with Crippen molar-refractivity contribution in [2.45, 2.75) is 13.0 Å². The van der Waals surface area contributed by atoms with E-state index in [1.54, 1.807) is 23.9 Å². The smallest absolute Gasteiger partial charge is 0.226 e. The van der Waals surface area contributed by atoms with E-state index >= 15 is 0 Å². The first-order valence-corrected chi connectivity index (χ1v) is 7.29. The molecule has 0 bridgehead atoms. The van der Waals surface area contributed by atoms with Gasteiger partial charge in [0, 0.05) is 18.8 Å². The molecule has 6 heteroatoms. The Morgan fingerprint density at radius 1 is 1.40 bits per heavy atom. The summed E-state index contributed by atoms with van der Waals surface area (Å²) < 4.78 is 12.8. The molecular weight excluding hydrogens is 277 g/mol. The number of halogens is 1. The van der Waals surface area contributed by atoms with Crippen LogP contribution in [0.25, 0.3) is 0 Å². The van der Waals surface area contributed by atoms with Gasteiger partial charge in [-0.1, -0.05) is 23.9 Å². The van der Waals surface area contributed by atoms with Crippen LogP contribution in [0.15, 0.2) is 40.4 Å². The van der Waals surface area contributed by atoms with Crippen LogP contribution in [-0.4, -0.2) is 29.1 Å². The highest BCUT2D eigenvalue weighted by atomic mass is 32.2. The van der Waals surface area contributed by atoms with Crippen LogP contribution in [-0.2, 0) is 11.3 Å². The number of fused-ring (bicyclic) bond motifs is 1. The Hall–Kier alpha value is -1.82. The molecule has 20 heavy (non-hydrogen) atoms. The van der Waals surface area contributed by atoms with Gasteiger partial charge in [-0.3, -0.25) is 9.79 Å². The lowest BCUT2D eigenvalue weighted by atomic mass is 10.2. The number of carbonyl (C=O) groups excluding carboxylic acids is 1. The van der Waals surface area contributed by atoms with Gasteiger partial charge >= 0.3 is 0 Å². The van der Waals surface area contributed by atoms with Gasteiger partial charge in [0.05, 0.1) is 13.0 Å². The highest BCUT2D eigenvalue weighted by Gasteiger charge is 2.27. The number of rotatable bonds is 4. The number of thioether (sulfide) groups is 1. The SMILES string of the molecule is O=C(CC1=CSC2=NCCN12)NCc1ccc(F)cc1. The molecule has 0 spiro atoms. The Bertz CT molecular complexity index is 583. The van der Waals surface area contributed by atoms with E-state index in [1.165, 1.54) is 12.1 Å². The van der Waals surface area contributed by atoms with E-state index in [-0.39, 0.29) is 11.7 Å². The van der Waals surface area contributed by atoms with Gasteiger partial charge in [-0.05, 0) is 23.1 Å². The van der Waals surface area contributed by atoms with Gasteiger partial charge < -0.3 is 10.2 Å². The number of amidine groups is 1. The molecule has 1 aromatic rings. The summed E-state index contributed by atoms with van der Waals surface area (Å²) in [6.45, 7) is 2.08. The van der Waals surface area contributed by atoms with Gasteiger partial charge in [0.2, 0.25) is 5.91 Å². The molecule has 0 unspecified atom stereocenters. The van der Waals surface area contributed by atoms with E-state index in [1.807, 2.05) is 5.41 Å². The van der Waals surface area contributed by atoms with E-state index in [2.05, 4.69) is 15.2 Å². The fourth-order valence-electron chi connectivity index (χ4n) is 2.15. The quantitative estimate of drug-likeness (QED) is 0.924. The Morgan fingerprint density at radius 2 is 2.20 bits per heavy atom. The minimum absolute atomic E-state index is 0.0330. The van der Waals surface area contributed by atoms with Crippen LogP contribution in [0.2, 0.25) is 0 Å². The molecule has 0 fully saturated rings. The average molecular weight is 291 g/mol. The molecule has 0 saturated carbocycles. The monoisotopic (exact) mass is 291 g/mol. The number of hydrogen-bond donors (Lipinski definition) is 1. The highest BCUT2D eigenvalue weighted by Crippen LogP contribution is 2.30. The van der Waals surface area contributed by atoms with Crippen LogP contribution in [0.3, 0.4) is 0 Å². The van der Waals surface area contributed by atoms with E-state index < -0.39 is 0 Å². The van der Waals surface area contributed by atoms with Gasteiger partial charge in [-0.2, -0.15) is 0 Å². The molecule has 1 amide bonds. The minimum Gasteiger partial charge on any atom is -0.352 e. The molecular formula is C14H14FN3OS. The van der Waals surface area contributed by atoms with Crippen molar-refractivity contribution in [2.24, 2.45) is 4.99 Å². The molecule has 1 aromatic carbocycles. The van der Waals surface area contributed by atoms with Gasteiger partial charge in [0.15, 0.2) is 5.17 Å². The highest BCUT2D eigenvalue weighted by molar-refractivity contribution is 8.16. The predicted molar refractivity (Wildman–Crippen MR) is 77.5 cm³/mol. The lowest BCUT2D eigenvalue weighted by molar-refractivity contribution is -0.120. The Morgan fingerprint density at radius 3 is 3.00 bits per heavy atom. The standard InChI is InChI=1S/C14H14FN3OS/c15-11-3-1-10(2-4-11)8-17-13(19)7-12-9-20-14-16-5-6-18(12)14/h1-4,9H,5-8H2,(H,17,19). The third kappa shape index (κ3) is 2.85. The van der Waals surface area contributed by atoms with Crippen molar-refractivity contribution in [3.8, 4) is 0 Å². The second kappa shape index (κ2) is 5.66. The summed E-state index contributed by atoms with van der Waals surface area (Å²) in [5, 5.41) is 5.82. The number of benzene rings is 1. The zero-order valence-corrected chi connectivity index (χ0v) is 11.6. The van der Waals surface area contributed by atoms with E-state index in [4.69, 9.17) is 0 Å². The molecule has 2 aliphatic heterocycles. The average Bonchev–Trinajstić information content (AvgIpc) is 3.03. The number of nitrogens with zero attached hydrogens (tertiary/aromatic N) is 2. The molecule has 0 aliphatic carbocycles. The first-order valence-electron chi connectivity index (χ1n) is 6.41. The third-order valence-corrected chi connectivity index (χ3v) is 4.14. The lowest BCUT2D eigenvalue weighted by Crippen LogP contribution is -2.28. The summed E-state index contributed by atoms with van der Waals surface area (Å²) >= 11 is 1.57. The zero-order chi connectivity index (χ0) is 13.9. The third-order valence-electron chi connectivity index (χ3n) is 3.19. The van der Waals surface area contributed by atoms with E-state index in [0.29, 0.717) is 13.0 Å². The van der Waals surface area contributed by atoms with Crippen molar-refractivity contribution in [3.05, 3.63) is 46.8 Å². The maximum absolute atomic E-state index is 12.8. The van der Waals surface area contributed by atoms with Crippen LogP contribution in [0, 0.1) is 5.82 Å². The van der Waals surface area contributed by atoms with Gasteiger partial charge in [-0.25, -0.2) is 4.39 Å². The fraction of sp³-hybridized carbons (Fsp3) is 0.286. The van der Waals surface area contributed by atoms with E-state index in [0.717, 1.165) is 29.5 Å². The van der Waals surface area contributed by atoms with Crippen LogP contribution < -0.4 is 5.32 Å². The molecule has 1 N–H and O–H groups in total. The second-order valence-electron chi connectivity index (χ2n) is 4.62. The predicted octanol–water partition coefficient (Wildman–Crippen LogP) is 2.09. The summed E-state index contributed by atoms with van der Waals surface area (Å²) in [7, 11) is 0. The molecule has 3 rings (SSSR count). The van der Waals surface area contributed by atoms with Crippen molar-refractivity contribution >= 4 is 22.8 Å². The summed E-state index contributed by atoms with van der Waals surface area (Å²) in [6.07, 6.45) is 0.354. The molecule has 2 heterocycles. The molecule has 0 radical (unpaired) electrons. The first kappa shape index (κ1) is 13.2. The molecule has 2 aliphatic rings. The summed E-state index contributed by atoms with van der Waals surface area (Å²) in [6, 6.07) is 6.13. The van der Waals surface area contributed by atoms with E-state index in [9.17, 15) is 9.18 Å². The zero-order valence-electron chi connectivity index (χ0n) is 10.8. The molecule has 0 aromatic heterocycles. The summed E-state index contributed by atoms with van der Waals surface area (Å²) in [4.78, 5) is 18.4. The molecule has 4 nitrogen and oxygen atoms in total. The maximum atomic E-state index is 12.8. The first-order chi connectivity index (χ1) is 9.72. The topological polar surface area (TPSA) is 44.7 Å². The van der Waals surface area contributed by atoms with Gasteiger partial charge in [0.1, 0.15) is 5.82 Å². The van der Waals surface area contributed by atoms with Crippen LogP contribution in [0.4, 0.5) is 4.39 Å². The van der Waals surface area contributed by atoms with Crippen LogP contribution >= 0.6 is 11.8 Å².